The van der Waals surface area contributed by atoms with Gasteiger partial charge in [-0.15, -0.1) is 0 Å². The molecule has 1 unspecified atom stereocenters. The molecule has 0 amide bonds. The molecule has 2 rings (SSSR count). The van der Waals surface area contributed by atoms with Crippen molar-refractivity contribution < 1.29 is 9.36 Å². The van der Waals surface area contributed by atoms with E-state index in [2.05, 4.69) is 0 Å². The van der Waals surface area contributed by atoms with E-state index in [1.165, 1.54) is 12.8 Å². The third-order valence-corrected chi connectivity index (χ3v) is 5.22. The monoisotopic (exact) mass is 249 g/mol. The summed E-state index contributed by atoms with van der Waals surface area (Å²) in [6.07, 6.45) is 6.58. The molecule has 1 atom stereocenters. The van der Waals surface area contributed by atoms with E-state index in [-0.39, 0.29) is 11.2 Å². The van der Waals surface area contributed by atoms with Gasteiger partial charge in [0.2, 0.25) is 0 Å². The molecule has 1 saturated carbocycles. The van der Waals surface area contributed by atoms with Gasteiger partial charge in [-0.3, -0.25) is 0 Å². The summed E-state index contributed by atoms with van der Waals surface area (Å²) in [5, 5.41) is 0. The number of carbonyl (C=O) groups excluding carboxylic acids is 1. The number of benzene rings is 1. The van der Waals surface area contributed by atoms with Crippen LogP contribution in [0, 0.1) is 0 Å². The van der Waals surface area contributed by atoms with E-state index in [4.69, 9.17) is 0 Å². The molecule has 0 aliphatic heterocycles. The third kappa shape index (κ3) is 3.23. The van der Waals surface area contributed by atoms with Crippen molar-refractivity contribution in [2.45, 2.75) is 44.2 Å². The summed E-state index contributed by atoms with van der Waals surface area (Å²) >= 11 is 0. The molecule has 0 aromatic heterocycles. The van der Waals surface area contributed by atoms with Crippen LogP contribution < -0.4 is 0 Å². The van der Waals surface area contributed by atoms with Crippen LogP contribution in [0.5, 0.6) is 0 Å². The molecular weight excluding hydrogens is 231 g/mol. The van der Waals surface area contributed by atoms with Crippen LogP contribution in [0.15, 0.2) is 30.3 Å². The fourth-order valence-electron chi connectivity index (χ4n) is 2.37. The van der Waals surface area contributed by atoms with E-state index in [0.29, 0.717) is 5.56 Å². The second-order valence-electron chi connectivity index (χ2n) is 4.64. The van der Waals surface area contributed by atoms with Gasteiger partial charge < -0.3 is 0 Å². The number of rotatable bonds is 3. The van der Waals surface area contributed by atoms with Gasteiger partial charge in [-0.05, 0) is 37.8 Å². The van der Waals surface area contributed by atoms with Crippen molar-refractivity contribution in [3.63, 3.8) is 0 Å². The SMILES string of the molecule is O=C(c1ccccc1)[P+](=O)C1CCCCCC1. The highest BCUT2D eigenvalue weighted by Gasteiger charge is 2.38. The molecular formula is C14H18O2P+. The van der Waals surface area contributed by atoms with Crippen LogP contribution in [0.2, 0.25) is 0 Å². The second kappa shape index (κ2) is 6.07. The first-order valence-electron chi connectivity index (χ1n) is 6.35. The maximum absolute atomic E-state index is 12.2. The first-order valence-corrected chi connectivity index (χ1v) is 7.67. The standard InChI is InChI=1S/C14H18O2P/c15-14(12-8-4-3-5-9-12)17(16)13-10-6-1-2-7-11-13/h3-5,8-9,13H,1-2,6-7,10-11H2/q+1. The summed E-state index contributed by atoms with van der Waals surface area (Å²) in [6, 6.07) is 9.03. The van der Waals surface area contributed by atoms with Gasteiger partial charge in [0.25, 0.3) is 0 Å². The van der Waals surface area contributed by atoms with Gasteiger partial charge in [0.1, 0.15) is 0 Å². The summed E-state index contributed by atoms with van der Waals surface area (Å²) in [4.78, 5) is 12.1. The minimum atomic E-state index is -1.74. The van der Waals surface area contributed by atoms with Crippen molar-refractivity contribution in [2.24, 2.45) is 0 Å². The maximum Gasteiger partial charge on any atom is 0.423 e. The molecule has 1 aromatic rings. The van der Waals surface area contributed by atoms with Gasteiger partial charge in [-0.2, -0.15) is 0 Å². The molecule has 0 heterocycles. The fourth-order valence-corrected chi connectivity index (χ4v) is 3.94. The average molecular weight is 249 g/mol. The third-order valence-electron chi connectivity index (χ3n) is 3.38. The van der Waals surface area contributed by atoms with Crippen LogP contribution in [0.25, 0.3) is 0 Å². The van der Waals surface area contributed by atoms with Crippen molar-refractivity contribution in [3.8, 4) is 0 Å². The topological polar surface area (TPSA) is 34.1 Å². The highest BCUT2D eigenvalue weighted by atomic mass is 31.1. The molecule has 1 fully saturated rings. The number of carbonyl (C=O) groups is 1. The van der Waals surface area contributed by atoms with Crippen molar-refractivity contribution in [3.05, 3.63) is 35.9 Å². The minimum Gasteiger partial charge on any atom is -0.234 e. The zero-order chi connectivity index (χ0) is 12.1. The van der Waals surface area contributed by atoms with E-state index in [1.807, 2.05) is 18.2 Å². The molecule has 0 N–H and O–H groups in total. The van der Waals surface area contributed by atoms with Crippen molar-refractivity contribution >= 4 is 13.3 Å². The highest BCUT2D eigenvalue weighted by Crippen LogP contribution is 2.40. The Bertz CT molecular complexity index is 392. The van der Waals surface area contributed by atoms with Crippen molar-refractivity contribution in [1.82, 2.24) is 0 Å². The van der Waals surface area contributed by atoms with Crippen LogP contribution in [0.1, 0.15) is 48.9 Å². The maximum atomic E-state index is 12.2. The summed E-state index contributed by atoms with van der Waals surface area (Å²) in [7, 11) is -1.74. The Morgan fingerprint density at radius 1 is 1.00 bits per heavy atom. The summed E-state index contributed by atoms with van der Waals surface area (Å²) in [5.74, 6) is 0. The normalized spacial score (nSPS) is 18.5. The summed E-state index contributed by atoms with van der Waals surface area (Å²) in [6.45, 7) is 0. The molecule has 90 valence electrons. The summed E-state index contributed by atoms with van der Waals surface area (Å²) in [5.41, 5.74) is 0.547. The Morgan fingerprint density at radius 3 is 2.18 bits per heavy atom. The van der Waals surface area contributed by atoms with Gasteiger partial charge in [0, 0.05) is 0 Å². The lowest BCUT2D eigenvalue weighted by atomic mass is 10.2. The largest absolute Gasteiger partial charge is 0.423 e. The lowest BCUT2D eigenvalue weighted by Crippen LogP contribution is -2.06. The first kappa shape index (κ1) is 12.4. The van der Waals surface area contributed by atoms with Crippen LogP contribution >= 0.6 is 7.80 Å². The van der Waals surface area contributed by atoms with E-state index in [0.717, 1.165) is 25.7 Å². The van der Waals surface area contributed by atoms with Crippen molar-refractivity contribution in [1.29, 1.82) is 0 Å². The molecule has 1 aliphatic carbocycles. The Morgan fingerprint density at radius 2 is 1.59 bits per heavy atom. The second-order valence-corrected chi connectivity index (χ2v) is 6.43. The molecule has 17 heavy (non-hydrogen) atoms. The molecule has 1 aromatic carbocycles. The van der Waals surface area contributed by atoms with Crippen LogP contribution in [0.3, 0.4) is 0 Å². The lowest BCUT2D eigenvalue weighted by molar-refractivity contribution is 0.107. The summed E-state index contributed by atoms with van der Waals surface area (Å²) < 4.78 is 12.2. The molecule has 1 aliphatic rings. The van der Waals surface area contributed by atoms with E-state index in [1.54, 1.807) is 12.1 Å². The van der Waals surface area contributed by atoms with E-state index in [9.17, 15) is 9.36 Å². The fraction of sp³-hybridized carbons (Fsp3) is 0.500. The minimum absolute atomic E-state index is 0.111. The van der Waals surface area contributed by atoms with E-state index < -0.39 is 7.80 Å². The molecule has 3 heteroatoms. The van der Waals surface area contributed by atoms with Gasteiger partial charge in [0.05, 0.1) is 5.56 Å². The zero-order valence-corrected chi connectivity index (χ0v) is 10.9. The average Bonchev–Trinajstić information content (AvgIpc) is 2.67. The smallest absolute Gasteiger partial charge is 0.234 e. The molecule has 2 nitrogen and oxygen atoms in total. The molecule has 0 bridgehead atoms. The molecule has 0 radical (unpaired) electrons. The lowest BCUT2D eigenvalue weighted by Gasteiger charge is -2.01. The van der Waals surface area contributed by atoms with Gasteiger partial charge in [0.15, 0.2) is 5.66 Å². The predicted octanol–water partition coefficient (Wildman–Crippen LogP) is 4.38. The molecule has 0 spiro atoms. The Hall–Kier alpha value is -1.01. The quantitative estimate of drug-likeness (QED) is 0.588. The van der Waals surface area contributed by atoms with Crippen LogP contribution in [0.4, 0.5) is 0 Å². The predicted molar refractivity (Wildman–Crippen MR) is 69.9 cm³/mol. The molecule has 0 saturated heterocycles. The van der Waals surface area contributed by atoms with Gasteiger partial charge in [-0.25, -0.2) is 4.79 Å². The highest BCUT2D eigenvalue weighted by molar-refractivity contribution is 7.65. The van der Waals surface area contributed by atoms with Crippen molar-refractivity contribution in [2.75, 3.05) is 0 Å². The van der Waals surface area contributed by atoms with Gasteiger partial charge in [-0.1, -0.05) is 35.6 Å². The first-order chi connectivity index (χ1) is 8.29. The van der Waals surface area contributed by atoms with Crippen LogP contribution in [-0.2, 0) is 4.57 Å². The Balaban J connectivity index is 2.06. The number of hydrogen-bond donors (Lipinski definition) is 0. The van der Waals surface area contributed by atoms with E-state index >= 15 is 0 Å². The number of hydrogen-bond acceptors (Lipinski definition) is 2. The Labute approximate surface area is 103 Å². The van der Waals surface area contributed by atoms with Crippen LogP contribution in [-0.4, -0.2) is 11.2 Å². The Kier molecular flexibility index (Phi) is 4.44. The van der Waals surface area contributed by atoms with Gasteiger partial charge >= 0.3 is 13.3 Å². The zero-order valence-electron chi connectivity index (χ0n) is 9.97.